The molecule has 0 saturated carbocycles. The molecule has 2 heterocycles. The molecule has 0 aliphatic rings. The van der Waals surface area contributed by atoms with Crippen molar-refractivity contribution in [2.24, 2.45) is 0 Å². The topological polar surface area (TPSA) is 93.3 Å². The maximum atomic E-state index is 13.5. The maximum absolute atomic E-state index is 13.5. The Morgan fingerprint density at radius 2 is 1.71 bits per heavy atom. The maximum Gasteiger partial charge on any atom is 0.255 e. The summed E-state index contributed by atoms with van der Waals surface area (Å²) in [4.78, 5) is 27.2. The van der Waals surface area contributed by atoms with Crippen molar-refractivity contribution in [2.75, 3.05) is 10.2 Å². The van der Waals surface area contributed by atoms with Crippen molar-refractivity contribution in [1.82, 2.24) is 15.0 Å². The Kier molecular flexibility index (Phi) is 6.04. The monoisotopic (exact) mass is 469 g/mol. The minimum Gasteiger partial charge on any atom is -0.464 e. The molecule has 1 N–H and O–H groups in total. The van der Waals surface area contributed by atoms with Crippen LogP contribution < -0.4 is 10.2 Å². The van der Waals surface area contributed by atoms with Gasteiger partial charge in [0.25, 0.3) is 5.91 Å². The van der Waals surface area contributed by atoms with Gasteiger partial charge in [-0.25, -0.2) is 9.07 Å². The van der Waals surface area contributed by atoms with Crippen LogP contribution in [0.25, 0.3) is 11.0 Å². The van der Waals surface area contributed by atoms with Crippen molar-refractivity contribution >= 4 is 34.2 Å². The summed E-state index contributed by atoms with van der Waals surface area (Å²) in [7, 11) is 0. The largest absolute Gasteiger partial charge is 0.464 e. The first-order valence-corrected chi connectivity index (χ1v) is 10.8. The van der Waals surface area contributed by atoms with Crippen LogP contribution in [-0.2, 0) is 17.9 Å². The molecule has 0 radical (unpaired) electrons. The third-order valence-electron chi connectivity index (χ3n) is 5.41. The van der Waals surface area contributed by atoms with Crippen LogP contribution in [0.3, 0.4) is 0 Å². The second-order valence-corrected chi connectivity index (χ2v) is 7.81. The summed E-state index contributed by atoms with van der Waals surface area (Å²) in [5.74, 6) is -0.761. The quantitative estimate of drug-likeness (QED) is 0.375. The molecule has 0 bridgehead atoms. The highest BCUT2D eigenvalue weighted by atomic mass is 19.1. The molecule has 35 heavy (non-hydrogen) atoms. The van der Waals surface area contributed by atoms with Gasteiger partial charge in [0.2, 0.25) is 5.91 Å². The number of rotatable bonds is 7. The first-order valence-electron chi connectivity index (χ1n) is 10.8. The molecular weight excluding hydrogens is 449 g/mol. The number of furan rings is 1. The third kappa shape index (κ3) is 4.93. The van der Waals surface area contributed by atoms with E-state index in [9.17, 15) is 14.0 Å². The van der Waals surface area contributed by atoms with Crippen molar-refractivity contribution in [3.8, 4) is 0 Å². The predicted octanol–water partition coefficient (Wildman–Crippen LogP) is 4.65. The molecular formula is C26H20FN5O3. The SMILES string of the molecule is O=C(Nc1ccc(N(Cc2cc(F)co2)C(=O)Cn2nnc3ccccc32)cc1)c1ccccc1. The van der Waals surface area contributed by atoms with Crippen LogP contribution in [0.5, 0.6) is 0 Å². The van der Waals surface area contributed by atoms with E-state index < -0.39 is 5.82 Å². The fraction of sp³-hybridized carbons (Fsp3) is 0.0769. The molecule has 3 aromatic carbocycles. The Bertz CT molecular complexity index is 1480. The van der Waals surface area contributed by atoms with Gasteiger partial charge in [-0.05, 0) is 48.5 Å². The lowest BCUT2D eigenvalue weighted by molar-refractivity contribution is -0.119. The van der Waals surface area contributed by atoms with E-state index in [2.05, 4.69) is 15.6 Å². The highest BCUT2D eigenvalue weighted by molar-refractivity contribution is 6.04. The normalized spacial score (nSPS) is 10.9. The Morgan fingerprint density at radius 1 is 0.971 bits per heavy atom. The number of carbonyl (C=O) groups is 2. The Balaban J connectivity index is 1.38. The molecule has 5 rings (SSSR count). The van der Waals surface area contributed by atoms with Crippen molar-refractivity contribution in [1.29, 1.82) is 0 Å². The number of hydrogen-bond donors (Lipinski definition) is 1. The lowest BCUT2D eigenvalue weighted by Crippen LogP contribution is -2.33. The van der Waals surface area contributed by atoms with E-state index in [1.807, 2.05) is 30.3 Å². The number of anilines is 2. The summed E-state index contributed by atoms with van der Waals surface area (Å²) in [6.07, 6.45) is 0.991. The zero-order valence-electron chi connectivity index (χ0n) is 18.5. The van der Waals surface area contributed by atoms with Gasteiger partial charge in [0.1, 0.15) is 24.1 Å². The molecule has 0 aliphatic carbocycles. The zero-order valence-corrected chi connectivity index (χ0v) is 18.5. The van der Waals surface area contributed by atoms with Crippen molar-refractivity contribution in [2.45, 2.75) is 13.1 Å². The van der Waals surface area contributed by atoms with Gasteiger partial charge < -0.3 is 14.6 Å². The van der Waals surface area contributed by atoms with Gasteiger partial charge in [0.15, 0.2) is 5.82 Å². The van der Waals surface area contributed by atoms with Crippen LogP contribution in [0.4, 0.5) is 15.8 Å². The highest BCUT2D eigenvalue weighted by Gasteiger charge is 2.20. The lowest BCUT2D eigenvalue weighted by Gasteiger charge is -2.22. The zero-order chi connectivity index (χ0) is 24.2. The number of carbonyl (C=O) groups excluding carboxylic acids is 2. The molecule has 0 fully saturated rings. The number of hydrogen-bond acceptors (Lipinski definition) is 5. The molecule has 8 nitrogen and oxygen atoms in total. The van der Waals surface area contributed by atoms with E-state index in [4.69, 9.17) is 4.42 Å². The second kappa shape index (κ2) is 9.60. The molecule has 0 unspecified atom stereocenters. The van der Waals surface area contributed by atoms with Crippen LogP contribution in [0.1, 0.15) is 16.1 Å². The van der Waals surface area contributed by atoms with E-state index in [1.165, 1.54) is 15.6 Å². The van der Waals surface area contributed by atoms with Gasteiger partial charge in [-0.1, -0.05) is 35.5 Å². The van der Waals surface area contributed by atoms with E-state index in [0.717, 1.165) is 11.8 Å². The van der Waals surface area contributed by atoms with E-state index in [1.54, 1.807) is 48.5 Å². The second-order valence-electron chi connectivity index (χ2n) is 7.81. The van der Waals surface area contributed by atoms with Gasteiger partial charge >= 0.3 is 0 Å². The van der Waals surface area contributed by atoms with Crippen LogP contribution in [0.2, 0.25) is 0 Å². The van der Waals surface area contributed by atoms with Gasteiger partial charge in [-0.3, -0.25) is 9.59 Å². The van der Waals surface area contributed by atoms with Gasteiger partial charge in [-0.15, -0.1) is 5.10 Å². The first-order chi connectivity index (χ1) is 17.1. The average Bonchev–Trinajstić information content (AvgIpc) is 3.49. The number of fused-ring (bicyclic) bond motifs is 1. The van der Waals surface area contributed by atoms with E-state index in [-0.39, 0.29) is 24.9 Å². The van der Waals surface area contributed by atoms with Crippen LogP contribution in [-0.4, -0.2) is 26.8 Å². The first kappa shape index (κ1) is 22.0. The highest BCUT2D eigenvalue weighted by Crippen LogP contribution is 2.23. The molecule has 0 saturated heterocycles. The third-order valence-corrected chi connectivity index (χ3v) is 5.41. The minimum atomic E-state index is -0.520. The smallest absolute Gasteiger partial charge is 0.255 e. The number of para-hydroxylation sites is 1. The Labute approximate surface area is 199 Å². The molecule has 2 aromatic heterocycles. The molecule has 0 spiro atoms. The minimum absolute atomic E-state index is 0.0190. The molecule has 174 valence electrons. The molecule has 9 heteroatoms. The standard InChI is InChI=1S/C26H20FN5O3/c27-19-14-22(35-17-19)15-31(25(33)16-32-24-9-5-4-8-23(24)29-30-32)21-12-10-20(11-13-21)28-26(34)18-6-2-1-3-7-18/h1-14,17H,15-16H2,(H,28,34). The average molecular weight is 469 g/mol. The molecule has 0 aliphatic heterocycles. The number of amides is 2. The lowest BCUT2D eigenvalue weighted by atomic mass is 10.2. The van der Waals surface area contributed by atoms with Crippen molar-refractivity contribution < 1.29 is 18.4 Å². The molecule has 0 atom stereocenters. The summed E-state index contributed by atoms with van der Waals surface area (Å²) in [6, 6.07) is 24.2. The summed E-state index contributed by atoms with van der Waals surface area (Å²) < 4.78 is 20.3. The summed E-state index contributed by atoms with van der Waals surface area (Å²) in [5, 5.41) is 11.0. The summed E-state index contributed by atoms with van der Waals surface area (Å²) in [5.41, 5.74) is 3.06. The van der Waals surface area contributed by atoms with Crippen molar-refractivity contribution in [3.05, 3.63) is 108 Å². The number of nitrogens with zero attached hydrogens (tertiary/aromatic N) is 4. The van der Waals surface area contributed by atoms with Gasteiger partial charge in [0.05, 0.1) is 12.1 Å². The fourth-order valence-corrected chi connectivity index (χ4v) is 3.68. The number of benzene rings is 3. The fourth-order valence-electron chi connectivity index (χ4n) is 3.68. The molecule has 5 aromatic rings. The van der Waals surface area contributed by atoms with Crippen LogP contribution in [0.15, 0.2) is 95.6 Å². The number of nitrogens with one attached hydrogen (secondary N) is 1. The Morgan fingerprint density at radius 3 is 2.46 bits per heavy atom. The summed E-state index contributed by atoms with van der Waals surface area (Å²) in [6.45, 7) is -0.0543. The van der Waals surface area contributed by atoms with Crippen LogP contribution >= 0.6 is 0 Å². The number of halogens is 1. The van der Waals surface area contributed by atoms with Gasteiger partial charge in [-0.2, -0.15) is 0 Å². The number of aromatic nitrogens is 3. The Hall–Kier alpha value is -4.79. The van der Waals surface area contributed by atoms with E-state index in [0.29, 0.717) is 28.2 Å². The van der Waals surface area contributed by atoms with Crippen molar-refractivity contribution in [3.63, 3.8) is 0 Å². The molecule has 2 amide bonds. The van der Waals surface area contributed by atoms with Gasteiger partial charge in [0, 0.05) is 23.0 Å². The van der Waals surface area contributed by atoms with Crippen LogP contribution in [0, 0.1) is 5.82 Å². The predicted molar refractivity (Wildman–Crippen MR) is 128 cm³/mol. The van der Waals surface area contributed by atoms with E-state index >= 15 is 0 Å². The summed E-state index contributed by atoms with van der Waals surface area (Å²) >= 11 is 0.